The highest BCUT2D eigenvalue weighted by molar-refractivity contribution is 5.96. The zero-order chi connectivity index (χ0) is 18.4. The second kappa shape index (κ2) is 8.62. The van der Waals surface area contributed by atoms with Gasteiger partial charge in [-0.3, -0.25) is 14.5 Å². The summed E-state index contributed by atoms with van der Waals surface area (Å²) < 4.78 is 0. The van der Waals surface area contributed by atoms with Crippen LogP contribution < -0.4 is 5.32 Å². The third-order valence-electron chi connectivity index (χ3n) is 4.57. The van der Waals surface area contributed by atoms with Gasteiger partial charge >= 0.3 is 0 Å². The summed E-state index contributed by atoms with van der Waals surface area (Å²) in [6.45, 7) is 11.0. The van der Waals surface area contributed by atoms with Gasteiger partial charge in [-0.15, -0.1) is 13.2 Å². The second-order valence-electron chi connectivity index (χ2n) is 6.50. The Balaban J connectivity index is 2.01. The molecule has 0 radical (unpaired) electrons. The van der Waals surface area contributed by atoms with Crippen LogP contribution >= 0.6 is 0 Å². The second-order valence-corrected chi connectivity index (χ2v) is 6.50. The van der Waals surface area contributed by atoms with Gasteiger partial charge in [0.25, 0.3) is 5.91 Å². The largest absolute Gasteiger partial charge is 0.348 e. The Morgan fingerprint density at radius 3 is 2.52 bits per heavy atom. The molecule has 0 aliphatic carbocycles. The number of carbonyl (C=O) groups is 2. The number of benzene rings is 1. The third-order valence-corrected chi connectivity index (χ3v) is 4.57. The molecule has 0 unspecified atom stereocenters. The zero-order valence-corrected chi connectivity index (χ0v) is 15.1. The van der Waals surface area contributed by atoms with Crippen LogP contribution in [0.4, 0.5) is 0 Å². The van der Waals surface area contributed by atoms with Crippen molar-refractivity contribution in [1.29, 1.82) is 0 Å². The highest BCUT2D eigenvalue weighted by atomic mass is 16.2. The number of aryl methyl sites for hydroxylation is 1. The van der Waals surface area contributed by atoms with E-state index in [9.17, 15) is 9.59 Å². The quantitative estimate of drug-likeness (QED) is 0.772. The molecule has 1 aromatic carbocycles. The Labute approximate surface area is 150 Å². The molecule has 1 aromatic rings. The highest BCUT2D eigenvalue weighted by Crippen LogP contribution is 2.19. The van der Waals surface area contributed by atoms with Crippen molar-refractivity contribution < 1.29 is 9.59 Å². The standard InChI is InChI=1S/C20H27N3O2/c1-5-11-23(12-6-2)20(25)18-13-16(14-22(18)4)21-19(24)17-10-8-7-9-15(17)3/h5-10,16,18H,1-2,11-14H2,3-4H3,(H,21,24)/t16-,18-/m0/s1. The summed E-state index contributed by atoms with van der Waals surface area (Å²) in [7, 11) is 1.92. The molecule has 1 aliphatic heterocycles. The van der Waals surface area contributed by atoms with Gasteiger partial charge in [0.05, 0.1) is 6.04 Å². The number of hydrogen-bond acceptors (Lipinski definition) is 3. The molecule has 1 aliphatic rings. The Bertz CT molecular complexity index is 646. The van der Waals surface area contributed by atoms with Crippen molar-refractivity contribution in [3.05, 3.63) is 60.7 Å². The monoisotopic (exact) mass is 341 g/mol. The number of rotatable bonds is 7. The Morgan fingerprint density at radius 1 is 1.28 bits per heavy atom. The van der Waals surface area contributed by atoms with Gasteiger partial charge in [-0.2, -0.15) is 0 Å². The van der Waals surface area contributed by atoms with Gasteiger partial charge in [-0.1, -0.05) is 30.4 Å². The van der Waals surface area contributed by atoms with E-state index in [1.54, 1.807) is 17.1 Å². The number of nitrogens with one attached hydrogen (secondary N) is 1. The smallest absolute Gasteiger partial charge is 0.251 e. The predicted molar refractivity (Wildman–Crippen MR) is 100 cm³/mol. The van der Waals surface area contributed by atoms with Crippen LogP contribution in [0.5, 0.6) is 0 Å². The fourth-order valence-corrected chi connectivity index (χ4v) is 3.26. The summed E-state index contributed by atoms with van der Waals surface area (Å²) in [6.07, 6.45) is 4.04. The number of carbonyl (C=O) groups excluding carboxylic acids is 2. The van der Waals surface area contributed by atoms with Gasteiger partial charge in [-0.05, 0) is 32.0 Å². The van der Waals surface area contributed by atoms with Crippen molar-refractivity contribution in [2.24, 2.45) is 0 Å². The van der Waals surface area contributed by atoms with Gasteiger partial charge < -0.3 is 10.2 Å². The summed E-state index contributed by atoms with van der Waals surface area (Å²) >= 11 is 0. The fourth-order valence-electron chi connectivity index (χ4n) is 3.26. The SMILES string of the molecule is C=CCN(CC=C)C(=O)[C@@H]1C[C@H](NC(=O)c2ccccc2C)CN1C. The molecule has 1 N–H and O–H groups in total. The molecule has 2 amide bonds. The Morgan fingerprint density at radius 2 is 1.92 bits per heavy atom. The van der Waals surface area contributed by atoms with E-state index in [4.69, 9.17) is 0 Å². The van der Waals surface area contributed by atoms with Crippen LogP contribution in [-0.4, -0.2) is 60.4 Å². The lowest BCUT2D eigenvalue weighted by atomic mass is 10.1. The minimum Gasteiger partial charge on any atom is -0.348 e. The minimum atomic E-state index is -0.234. The lowest BCUT2D eigenvalue weighted by Crippen LogP contribution is -2.44. The van der Waals surface area contributed by atoms with Crippen molar-refractivity contribution in [3.8, 4) is 0 Å². The van der Waals surface area contributed by atoms with E-state index < -0.39 is 0 Å². The first kappa shape index (κ1) is 18.9. The molecule has 1 saturated heterocycles. The molecule has 5 heteroatoms. The molecule has 1 heterocycles. The number of likely N-dealkylation sites (tertiary alicyclic amines) is 1. The number of hydrogen-bond donors (Lipinski definition) is 1. The number of nitrogens with zero attached hydrogens (tertiary/aromatic N) is 2. The van der Waals surface area contributed by atoms with Crippen LogP contribution in [0.3, 0.4) is 0 Å². The molecule has 0 aromatic heterocycles. The van der Waals surface area contributed by atoms with Crippen LogP contribution in [-0.2, 0) is 4.79 Å². The molecular formula is C20H27N3O2. The van der Waals surface area contributed by atoms with Gasteiger partial charge in [0.15, 0.2) is 0 Å². The first-order valence-electron chi connectivity index (χ1n) is 8.55. The maximum Gasteiger partial charge on any atom is 0.251 e. The Hall–Kier alpha value is -2.40. The van der Waals surface area contributed by atoms with Gasteiger partial charge in [0.2, 0.25) is 5.91 Å². The van der Waals surface area contributed by atoms with Crippen molar-refractivity contribution in [3.63, 3.8) is 0 Å². The van der Waals surface area contributed by atoms with Crippen LogP contribution in [0.25, 0.3) is 0 Å². The first-order chi connectivity index (χ1) is 12.0. The average Bonchev–Trinajstić information content (AvgIpc) is 2.94. The van der Waals surface area contributed by atoms with Gasteiger partial charge in [0.1, 0.15) is 0 Å². The molecule has 0 saturated carbocycles. The van der Waals surface area contributed by atoms with Crippen LogP contribution in [0, 0.1) is 6.92 Å². The lowest BCUT2D eigenvalue weighted by molar-refractivity contribution is -0.134. The predicted octanol–water partition coefficient (Wildman–Crippen LogP) is 2.00. The van der Waals surface area contributed by atoms with Gasteiger partial charge in [-0.25, -0.2) is 0 Å². The molecule has 134 valence electrons. The summed E-state index contributed by atoms with van der Waals surface area (Å²) in [5.41, 5.74) is 1.63. The maximum atomic E-state index is 12.8. The van der Waals surface area contributed by atoms with E-state index in [-0.39, 0.29) is 23.9 Å². The normalized spacial score (nSPS) is 20.1. The van der Waals surface area contributed by atoms with E-state index in [0.717, 1.165) is 5.56 Å². The summed E-state index contributed by atoms with van der Waals surface area (Å²) in [5.74, 6) is -0.0337. The number of amides is 2. The maximum absolute atomic E-state index is 12.8. The molecule has 2 atom stereocenters. The average molecular weight is 341 g/mol. The van der Waals surface area contributed by atoms with Crippen molar-refractivity contribution in [2.45, 2.75) is 25.4 Å². The highest BCUT2D eigenvalue weighted by Gasteiger charge is 2.37. The van der Waals surface area contributed by atoms with E-state index in [1.807, 2.05) is 43.1 Å². The first-order valence-corrected chi connectivity index (χ1v) is 8.55. The summed E-state index contributed by atoms with van der Waals surface area (Å²) in [4.78, 5) is 29.0. The van der Waals surface area contributed by atoms with Crippen LogP contribution in [0.15, 0.2) is 49.6 Å². The third kappa shape index (κ3) is 4.57. The van der Waals surface area contributed by atoms with E-state index in [0.29, 0.717) is 31.6 Å². The minimum absolute atomic E-state index is 0.0413. The number of likely N-dealkylation sites (N-methyl/N-ethyl adjacent to an activating group) is 1. The van der Waals surface area contributed by atoms with E-state index in [1.165, 1.54) is 0 Å². The van der Waals surface area contributed by atoms with Gasteiger partial charge in [0, 0.05) is 31.2 Å². The molecule has 5 nitrogen and oxygen atoms in total. The molecule has 1 fully saturated rings. The Kier molecular flexibility index (Phi) is 6.53. The van der Waals surface area contributed by atoms with Crippen molar-refractivity contribution >= 4 is 11.8 Å². The van der Waals surface area contributed by atoms with Crippen molar-refractivity contribution in [1.82, 2.24) is 15.1 Å². The molecule has 25 heavy (non-hydrogen) atoms. The fraction of sp³-hybridized carbons (Fsp3) is 0.400. The molecule has 0 spiro atoms. The summed E-state index contributed by atoms with van der Waals surface area (Å²) in [5, 5.41) is 3.06. The van der Waals surface area contributed by atoms with Crippen LogP contribution in [0.1, 0.15) is 22.3 Å². The van der Waals surface area contributed by atoms with Crippen LogP contribution in [0.2, 0.25) is 0 Å². The zero-order valence-electron chi connectivity index (χ0n) is 15.1. The van der Waals surface area contributed by atoms with Crippen molar-refractivity contribution in [2.75, 3.05) is 26.7 Å². The topological polar surface area (TPSA) is 52.7 Å². The summed E-state index contributed by atoms with van der Waals surface area (Å²) in [6, 6.07) is 7.24. The molecule has 0 bridgehead atoms. The molecule has 2 rings (SSSR count). The van der Waals surface area contributed by atoms with E-state index >= 15 is 0 Å². The molecular weight excluding hydrogens is 314 g/mol. The lowest BCUT2D eigenvalue weighted by Gasteiger charge is -2.26. The van der Waals surface area contributed by atoms with E-state index in [2.05, 4.69) is 18.5 Å².